The van der Waals surface area contributed by atoms with Crippen LogP contribution in [0.3, 0.4) is 0 Å². The average Bonchev–Trinajstić information content (AvgIpc) is 1.90. The number of aromatic nitrogens is 1. The second-order valence-corrected chi connectivity index (χ2v) is 1.71. The van der Waals surface area contributed by atoms with Gasteiger partial charge in [-0.2, -0.15) is 0 Å². The Balaban J connectivity index is 0. The van der Waals surface area contributed by atoms with Crippen LogP contribution in [0, 0.1) is 0 Å². The Bertz CT molecular complexity index is 146. The van der Waals surface area contributed by atoms with Crippen molar-refractivity contribution in [2.75, 3.05) is 0 Å². The van der Waals surface area contributed by atoms with E-state index in [4.69, 9.17) is 0 Å². The monoisotopic (exact) mass is 140 g/mol. The highest BCUT2D eigenvalue weighted by Crippen LogP contribution is 1.74. The summed E-state index contributed by atoms with van der Waals surface area (Å²) in [6.07, 6.45) is 4.11. The van der Waals surface area contributed by atoms with Crippen molar-refractivity contribution in [3.8, 4) is 0 Å². The molecule has 0 atom stereocenters. The van der Waals surface area contributed by atoms with Crippen molar-refractivity contribution in [2.45, 2.75) is 28.3 Å². The van der Waals surface area contributed by atoms with Crippen LogP contribution in [-0.4, -0.2) is 0 Å². The third-order valence-corrected chi connectivity index (χ3v) is 1.14. The van der Waals surface area contributed by atoms with Crippen LogP contribution in [0.15, 0.2) is 30.6 Å². The van der Waals surface area contributed by atoms with E-state index in [1.54, 1.807) is 0 Å². The van der Waals surface area contributed by atoms with Crippen molar-refractivity contribution >= 4 is 0 Å². The van der Waals surface area contributed by atoms with Crippen LogP contribution >= 0.6 is 0 Å². The Labute approximate surface area is 64.3 Å². The summed E-state index contributed by atoms with van der Waals surface area (Å²) in [5.41, 5.74) is 0. The van der Waals surface area contributed by atoms with Crippen LogP contribution in [0.5, 0.6) is 0 Å². The first-order chi connectivity index (χ1) is 3.93. The number of hydrogen-bond donors (Lipinski definition) is 0. The van der Waals surface area contributed by atoms with Gasteiger partial charge in [0.15, 0.2) is 12.4 Å². The third-order valence-electron chi connectivity index (χ3n) is 1.14. The van der Waals surface area contributed by atoms with E-state index in [1.165, 1.54) is 0 Å². The normalized spacial score (nSPS) is 7.30. The molecule has 0 amide bonds. The van der Waals surface area contributed by atoms with Crippen molar-refractivity contribution in [3.05, 3.63) is 30.6 Å². The molecule has 0 aliphatic carbocycles. The maximum absolute atomic E-state index is 2.12. The van der Waals surface area contributed by atoms with E-state index in [1.807, 2.05) is 18.2 Å². The molecule has 1 heteroatoms. The Morgan fingerprint density at radius 2 is 1.50 bits per heavy atom. The van der Waals surface area contributed by atoms with Gasteiger partial charge in [-0.05, 0) is 6.92 Å². The maximum atomic E-state index is 2.12. The van der Waals surface area contributed by atoms with E-state index in [0.717, 1.165) is 6.54 Å². The van der Waals surface area contributed by atoms with Crippen LogP contribution in [0.4, 0.5) is 0 Å². The van der Waals surface area contributed by atoms with Crippen molar-refractivity contribution in [1.29, 1.82) is 0 Å². The van der Waals surface area contributed by atoms with Crippen molar-refractivity contribution < 1.29 is 4.57 Å². The van der Waals surface area contributed by atoms with E-state index in [0.29, 0.717) is 0 Å². The molecule has 0 aromatic carbocycles. The van der Waals surface area contributed by atoms with E-state index in [9.17, 15) is 0 Å². The van der Waals surface area contributed by atoms with Crippen molar-refractivity contribution in [1.82, 2.24) is 0 Å². The highest BCUT2D eigenvalue weighted by molar-refractivity contribution is 4.83. The standard InChI is InChI=1S/C7H10N.2CH4/c1-2-8-6-4-3-5-7-8;;/h3-7H,2H2,1H3;2*1H4/q+1;;. The lowest BCUT2D eigenvalue weighted by molar-refractivity contribution is -0.693. The van der Waals surface area contributed by atoms with Gasteiger partial charge in [-0.25, -0.2) is 4.57 Å². The predicted octanol–water partition coefficient (Wildman–Crippen LogP) is 2.27. The quantitative estimate of drug-likeness (QED) is 0.527. The molecule has 0 spiro atoms. The van der Waals surface area contributed by atoms with Gasteiger partial charge in [0.05, 0.1) is 0 Å². The molecule has 1 rings (SSSR count). The van der Waals surface area contributed by atoms with E-state index in [-0.39, 0.29) is 14.9 Å². The molecule has 0 aliphatic rings. The summed E-state index contributed by atoms with van der Waals surface area (Å²) in [5, 5.41) is 0. The molecule has 1 nitrogen and oxygen atoms in total. The van der Waals surface area contributed by atoms with Crippen LogP contribution in [0.25, 0.3) is 0 Å². The Morgan fingerprint density at radius 1 is 1.00 bits per heavy atom. The highest BCUT2D eigenvalue weighted by atomic mass is 14.9. The minimum Gasteiger partial charge on any atom is -0.205 e. The lowest BCUT2D eigenvalue weighted by atomic mass is 10.5. The molecule has 0 saturated heterocycles. The average molecular weight is 140 g/mol. The molecule has 0 saturated carbocycles. The minimum absolute atomic E-state index is 0. The van der Waals surface area contributed by atoms with Gasteiger partial charge in [-0.3, -0.25) is 0 Å². The van der Waals surface area contributed by atoms with Crippen molar-refractivity contribution in [2.24, 2.45) is 0 Å². The van der Waals surface area contributed by atoms with Gasteiger partial charge in [0.1, 0.15) is 6.54 Å². The second-order valence-electron chi connectivity index (χ2n) is 1.71. The number of rotatable bonds is 1. The summed E-state index contributed by atoms with van der Waals surface area (Å²) in [4.78, 5) is 0. The molecule has 58 valence electrons. The summed E-state index contributed by atoms with van der Waals surface area (Å²) in [5.74, 6) is 0. The summed E-state index contributed by atoms with van der Waals surface area (Å²) in [6, 6.07) is 6.08. The fourth-order valence-electron chi connectivity index (χ4n) is 0.645. The van der Waals surface area contributed by atoms with Gasteiger partial charge in [-0.1, -0.05) is 20.9 Å². The first-order valence-corrected chi connectivity index (χ1v) is 2.87. The smallest absolute Gasteiger partial charge is 0.168 e. The topological polar surface area (TPSA) is 3.88 Å². The van der Waals surface area contributed by atoms with E-state index in [2.05, 4.69) is 23.9 Å². The van der Waals surface area contributed by atoms with Gasteiger partial charge >= 0.3 is 0 Å². The van der Waals surface area contributed by atoms with Gasteiger partial charge < -0.3 is 0 Å². The van der Waals surface area contributed by atoms with Crippen LogP contribution < -0.4 is 4.57 Å². The fraction of sp³-hybridized carbons (Fsp3) is 0.444. The Hall–Kier alpha value is -0.850. The lowest BCUT2D eigenvalue weighted by Crippen LogP contribution is -2.30. The molecule has 0 aliphatic heterocycles. The molecule has 0 unspecified atom stereocenters. The molecule has 10 heavy (non-hydrogen) atoms. The van der Waals surface area contributed by atoms with Crippen LogP contribution in [0.2, 0.25) is 0 Å². The number of nitrogens with zero attached hydrogens (tertiary/aromatic N) is 1. The summed E-state index contributed by atoms with van der Waals surface area (Å²) in [7, 11) is 0. The predicted molar refractivity (Wildman–Crippen MR) is 45.8 cm³/mol. The SMILES string of the molecule is C.C.CC[n+]1ccccc1. The molecule has 0 N–H and O–H groups in total. The third kappa shape index (κ3) is 3.23. The number of pyridine rings is 1. The summed E-state index contributed by atoms with van der Waals surface area (Å²) in [6.45, 7) is 3.18. The molecular weight excluding hydrogens is 122 g/mol. The van der Waals surface area contributed by atoms with Gasteiger partial charge in [-0.15, -0.1) is 0 Å². The number of hydrogen-bond acceptors (Lipinski definition) is 0. The zero-order valence-electron chi connectivity index (χ0n) is 5.04. The Morgan fingerprint density at radius 3 is 1.80 bits per heavy atom. The second kappa shape index (κ2) is 6.27. The minimum atomic E-state index is 0. The summed E-state index contributed by atoms with van der Waals surface area (Å²) < 4.78 is 2.12. The zero-order chi connectivity index (χ0) is 5.82. The van der Waals surface area contributed by atoms with Gasteiger partial charge in [0, 0.05) is 12.1 Å². The zero-order valence-corrected chi connectivity index (χ0v) is 5.04. The van der Waals surface area contributed by atoms with E-state index < -0.39 is 0 Å². The fourth-order valence-corrected chi connectivity index (χ4v) is 0.645. The molecule has 0 radical (unpaired) electrons. The molecule has 0 fully saturated rings. The van der Waals surface area contributed by atoms with Crippen LogP contribution in [-0.2, 0) is 6.54 Å². The largest absolute Gasteiger partial charge is 0.205 e. The van der Waals surface area contributed by atoms with E-state index >= 15 is 0 Å². The highest BCUT2D eigenvalue weighted by Gasteiger charge is 1.86. The summed E-state index contributed by atoms with van der Waals surface area (Å²) >= 11 is 0. The first-order valence-electron chi connectivity index (χ1n) is 2.87. The molecule has 1 heterocycles. The molecular formula is C9H18N+. The molecule has 1 aromatic rings. The Kier molecular flexibility index (Phi) is 7.46. The van der Waals surface area contributed by atoms with Crippen LogP contribution in [0.1, 0.15) is 21.8 Å². The molecule has 1 aromatic heterocycles. The maximum Gasteiger partial charge on any atom is 0.168 e. The molecule has 0 bridgehead atoms. The lowest BCUT2D eigenvalue weighted by Gasteiger charge is -1.84. The first kappa shape index (κ1) is 11.9. The van der Waals surface area contributed by atoms with Gasteiger partial charge in [0.25, 0.3) is 0 Å². The van der Waals surface area contributed by atoms with Crippen molar-refractivity contribution in [3.63, 3.8) is 0 Å². The number of aryl methyl sites for hydroxylation is 1. The van der Waals surface area contributed by atoms with Gasteiger partial charge in [0.2, 0.25) is 0 Å².